The van der Waals surface area contributed by atoms with E-state index in [4.69, 9.17) is 14.3 Å². The van der Waals surface area contributed by atoms with Crippen molar-refractivity contribution in [2.75, 3.05) is 20.3 Å². The average molecular weight is 451 g/mol. The predicted molar refractivity (Wildman–Crippen MR) is 117 cm³/mol. The first-order valence-electron chi connectivity index (χ1n) is 10.9. The van der Waals surface area contributed by atoms with E-state index in [9.17, 15) is 14.4 Å². The number of amides is 1. The SMILES string of the molecule is CCCCON[C@@H]1CC[C@@H](C(=O)Oc2ccc(C(=O)OC)cc2)N(C(=O)OC(C)(C)C)C1. The van der Waals surface area contributed by atoms with E-state index in [1.54, 1.807) is 20.8 Å². The molecule has 0 spiro atoms. The van der Waals surface area contributed by atoms with E-state index in [0.29, 0.717) is 25.0 Å². The molecule has 1 amide bonds. The van der Waals surface area contributed by atoms with Crippen molar-refractivity contribution in [2.24, 2.45) is 0 Å². The van der Waals surface area contributed by atoms with Crippen LogP contribution in [0.3, 0.4) is 0 Å². The van der Waals surface area contributed by atoms with Gasteiger partial charge in [-0.2, -0.15) is 5.48 Å². The molecule has 0 unspecified atom stereocenters. The molecule has 1 aromatic carbocycles. The van der Waals surface area contributed by atoms with Crippen LogP contribution in [-0.2, 0) is 19.1 Å². The van der Waals surface area contributed by atoms with Crippen LogP contribution >= 0.6 is 0 Å². The number of nitrogens with one attached hydrogen (secondary N) is 1. The van der Waals surface area contributed by atoms with Crippen molar-refractivity contribution >= 4 is 18.0 Å². The second kappa shape index (κ2) is 11.8. The van der Waals surface area contributed by atoms with Crippen molar-refractivity contribution in [3.8, 4) is 5.75 Å². The number of hydrogen-bond acceptors (Lipinski definition) is 8. The Balaban J connectivity index is 2.07. The number of methoxy groups -OCH3 is 1. The molecule has 1 N–H and O–H groups in total. The van der Waals surface area contributed by atoms with Gasteiger partial charge >= 0.3 is 18.0 Å². The van der Waals surface area contributed by atoms with Crippen LogP contribution in [0.4, 0.5) is 4.79 Å². The number of benzene rings is 1. The van der Waals surface area contributed by atoms with Gasteiger partial charge in [0.1, 0.15) is 17.4 Å². The number of esters is 2. The number of carbonyl (C=O) groups excluding carboxylic acids is 3. The zero-order valence-electron chi connectivity index (χ0n) is 19.5. The molecule has 2 atom stereocenters. The minimum atomic E-state index is -0.793. The molecule has 1 aromatic rings. The van der Waals surface area contributed by atoms with Crippen LogP contribution in [0.2, 0.25) is 0 Å². The highest BCUT2D eigenvalue weighted by Gasteiger charge is 2.39. The monoisotopic (exact) mass is 450 g/mol. The average Bonchev–Trinajstić information content (AvgIpc) is 2.75. The van der Waals surface area contributed by atoms with E-state index in [0.717, 1.165) is 12.8 Å². The molecule has 9 nitrogen and oxygen atoms in total. The zero-order valence-corrected chi connectivity index (χ0v) is 19.5. The topological polar surface area (TPSA) is 103 Å². The van der Waals surface area contributed by atoms with Crippen LogP contribution in [0, 0.1) is 0 Å². The predicted octanol–water partition coefficient (Wildman–Crippen LogP) is 3.47. The van der Waals surface area contributed by atoms with E-state index >= 15 is 0 Å². The smallest absolute Gasteiger partial charge is 0.411 e. The lowest BCUT2D eigenvalue weighted by Gasteiger charge is -2.38. The van der Waals surface area contributed by atoms with E-state index < -0.39 is 29.7 Å². The fourth-order valence-electron chi connectivity index (χ4n) is 3.19. The Kier molecular flexibility index (Phi) is 9.46. The van der Waals surface area contributed by atoms with Gasteiger partial charge in [-0.1, -0.05) is 13.3 Å². The number of likely N-dealkylation sites (tertiary alicyclic amines) is 1. The van der Waals surface area contributed by atoms with Gasteiger partial charge in [0.25, 0.3) is 0 Å². The highest BCUT2D eigenvalue weighted by molar-refractivity contribution is 5.89. The summed E-state index contributed by atoms with van der Waals surface area (Å²) in [5.74, 6) is -0.770. The third-order valence-electron chi connectivity index (χ3n) is 4.83. The lowest BCUT2D eigenvalue weighted by Crippen LogP contribution is -2.57. The first-order valence-corrected chi connectivity index (χ1v) is 10.9. The summed E-state index contributed by atoms with van der Waals surface area (Å²) in [5, 5.41) is 0. The number of unbranched alkanes of at least 4 members (excludes halogenated alkanes) is 1. The van der Waals surface area contributed by atoms with E-state index in [2.05, 4.69) is 17.1 Å². The van der Waals surface area contributed by atoms with Crippen LogP contribution in [0.25, 0.3) is 0 Å². The number of ether oxygens (including phenoxy) is 3. The van der Waals surface area contributed by atoms with E-state index in [1.165, 1.54) is 36.3 Å². The van der Waals surface area contributed by atoms with Gasteiger partial charge in [0.05, 0.1) is 25.3 Å². The van der Waals surface area contributed by atoms with Gasteiger partial charge in [0, 0.05) is 6.54 Å². The van der Waals surface area contributed by atoms with Crippen molar-refractivity contribution in [3.05, 3.63) is 29.8 Å². The summed E-state index contributed by atoms with van der Waals surface area (Å²) in [5.41, 5.74) is 2.63. The number of piperidine rings is 1. The Labute approximate surface area is 189 Å². The molecule has 32 heavy (non-hydrogen) atoms. The van der Waals surface area contributed by atoms with Crippen LogP contribution < -0.4 is 10.2 Å². The van der Waals surface area contributed by atoms with Crippen molar-refractivity contribution < 1.29 is 33.4 Å². The fourth-order valence-corrected chi connectivity index (χ4v) is 3.19. The number of rotatable bonds is 8. The molecule has 1 fully saturated rings. The van der Waals surface area contributed by atoms with Crippen molar-refractivity contribution in [2.45, 2.75) is 71.1 Å². The summed E-state index contributed by atoms with van der Waals surface area (Å²) in [6.07, 6.45) is 2.39. The molecule has 0 aliphatic carbocycles. The van der Waals surface area contributed by atoms with Crippen molar-refractivity contribution in [1.29, 1.82) is 0 Å². The third-order valence-corrected chi connectivity index (χ3v) is 4.83. The van der Waals surface area contributed by atoms with Gasteiger partial charge in [0.2, 0.25) is 0 Å². The number of nitrogens with zero attached hydrogens (tertiary/aromatic N) is 1. The first kappa shape index (κ1) is 25.6. The summed E-state index contributed by atoms with van der Waals surface area (Å²) in [6.45, 7) is 8.22. The normalized spacial score (nSPS) is 18.7. The molecule has 0 aromatic heterocycles. The Morgan fingerprint density at radius 2 is 1.81 bits per heavy atom. The molecule has 1 heterocycles. The summed E-state index contributed by atoms with van der Waals surface area (Å²) in [4.78, 5) is 44.2. The van der Waals surface area contributed by atoms with Gasteiger partial charge in [-0.05, 0) is 64.3 Å². The summed E-state index contributed by atoms with van der Waals surface area (Å²) in [6, 6.07) is 5.12. The molecule has 1 saturated heterocycles. The minimum Gasteiger partial charge on any atom is -0.465 e. The van der Waals surface area contributed by atoms with Gasteiger partial charge in [-0.3, -0.25) is 4.90 Å². The molecule has 2 rings (SSSR count). The Bertz CT molecular complexity index is 774. The second-order valence-electron chi connectivity index (χ2n) is 8.68. The Morgan fingerprint density at radius 3 is 2.41 bits per heavy atom. The second-order valence-corrected chi connectivity index (χ2v) is 8.68. The number of carbonyl (C=O) groups is 3. The largest absolute Gasteiger partial charge is 0.465 e. The molecular weight excluding hydrogens is 416 g/mol. The minimum absolute atomic E-state index is 0.122. The van der Waals surface area contributed by atoms with Crippen LogP contribution in [0.15, 0.2) is 24.3 Å². The van der Waals surface area contributed by atoms with Crippen LogP contribution in [-0.4, -0.2) is 60.9 Å². The summed E-state index contributed by atoms with van der Waals surface area (Å²) >= 11 is 0. The summed E-state index contributed by atoms with van der Waals surface area (Å²) < 4.78 is 15.7. The van der Waals surface area contributed by atoms with Gasteiger partial charge < -0.3 is 19.0 Å². The van der Waals surface area contributed by atoms with E-state index in [1.807, 2.05) is 0 Å². The highest BCUT2D eigenvalue weighted by Crippen LogP contribution is 2.23. The lowest BCUT2D eigenvalue weighted by atomic mass is 9.99. The molecule has 0 bridgehead atoms. The summed E-state index contributed by atoms with van der Waals surface area (Å²) in [7, 11) is 1.29. The molecule has 1 aliphatic rings. The number of hydrogen-bond donors (Lipinski definition) is 1. The van der Waals surface area contributed by atoms with Gasteiger partial charge in [-0.25, -0.2) is 14.4 Å². The van der Waals surface area contributed by atoms with Crippen molar-refractivity contribution in [3.63, 3.8) is 0 Å². The molecule has 178 valence electrons. The Morgan fingerprint density at radius 1 is 1.12 bits per heavy atom. The van der Waals surface area contributed by atoms with Crippen LogP contribution in [0.5, 0.6) is 5.75 Å². The van der Waals surface area contributed by atoms with Crippen molar-refractivity contribution in [1.82, 2.24) is 10.4 Å². The molecule has 0 radical (unpaired) electrons. The van der Waals surface area contributed by atoms with Crippen LogP contribution in [0.1, 0.15) is 63.7 Å². The lowest BCUT2D eigenvalue weighted by molar-refractivity contribution is -0.142. The Hall–Kier alpha value is -2.65. The molecule has 1 aliphatic heterocycles. The van der Waals surface area contributed by atoms with E-state index in [-0.39, 0.29) is 18.3 Å². The fraction of sp³-hybridized carbons (Fsp3) is 0.609. The first-order chi connectivity index (χ1) is 15.1. The van der Waals surface area contributed by atoms with Gasteiger partial charge in [-0.15, -0.1) is 0 Å². The molecular formula is C23H34N2O7. The maximum Gasteiger partial charge on any atom is 0.411 e. The maximum atomic E-state index is 12.9. The standard InChI is InChI=1S/C23H34N2O7/c1-6-7-14-30-24-17-10-13-19(25(15-17)22(28)32-23(2,3)4)21(27)31-18-11-8-16(9-12-18)20(26)29-5/h8-9,11-12,17,19,24H,6-7,10,13-15H2,1-5H3/t17-,19+/m1/s1. The third kappa shape index (κ3) is 7.80. The zero-order chi connectivity index (χ0) is 23.7. The molecule has 9 heteroatoms. The highest BCUT2D eigenvalue weighted by atomic mass is 16.6. The quantitative estimate of drug-likeness (QED) is 0.278. The van der Waals surface area contributed by atoms with Gasteiger partial charge in [0.15, 0.2) is 0 Å². The maximum absolute atomic E-state index is 12.9. The number of hydroxylamine groups is 1. The molecule has 0 saturated carbocycles.